The number of rotatable bonds is 4. The van der Waals surface area contributed by atoms with Crippen LogP contribution < -0.4 is 5.32 Å². The third kappa shape index (κ3) is 4.00. The van der Waals surface area contributed by atoms with E-state index in [-0.39, 0.29) is 11.4 Å². The summed E-state index contributed by atoms with van der Waals surface area (Å²) in [5.41, 5.74) is 0.740. The lowest BCUT2D eigenvalue weighted by molar-refractivity contribution is -0.122. The summed E-state index contributed by atoms with van der Waals surface area (Å²) in [6, 6.07) is 0. The van der Waals surface area contributed by atoms with E-state index in [0.29, 0.717) is 6.42 Å². The fraction of sp³-hybridized carbons (Fsp3) is 0.636. The SMILES string of the molecule is CCC(C)(C)NC(=O)Cc1csc(C)n1. The molecule has 4 heteroatoms. The van der Waals surface area contributed by atoms with Crippen LogP contribution in [0.2, 0.25) is 0 Å². The molecule has 3 nitrogen and oxygen atoms in total. The van der Waals surface area contributed by atoms with E-state index in [1.54, 1.807) is 11.3 Å². The maximum absolute atomic E-state index is 11.6. The lowest BCUT2D eigenvalue weighted by atomic mass is 10.0. The van der Waals surface area contributed by atoms with Gasteiger partial charge >= 0.3 is 0 Å². The number of thiazole rings is 1. The van der Waals surface area contributed by atoms with Crippen molar-refractivity contribution >= 4 is 17.2 Å². The first-order valence-corrected chi connectivity index (χ1v) is 6.03. The summed E-state index contributed by atoms with van der Waals surface area (Å²) in [7, 11) is 0. The molecule has 1 heterocycles. The van der Waals surface area contributed by atoms with Gasteiger partial charge in [-0.05, 0) is 27.2 Å². The Morgan fingerprint density at radius 2 is 2.27 bits per heavy atom. The van der Waals surface area contributed by atoms with Gasteiger partial charge < -0.3 is 5.32 Å². The molecule has 0 aromatic carbocycles. The summed E-state index contributed by atoms with van der Waals surface area (Å²) >= 11 is 1.58. The predicted molar refractivity (Wildman–Crippen MR) is 63.1 cm³/mol. The first-order valence-electron chi connectivity index (χ1n) is 5.15. The van der Waals surface area contributed by atoms with Crippen molar-refractivity contribution in [1.29, 1.82) is 0 Å². The van der Waals surface area contributed by atoms with E-state index in [1.807, 2.05) is 26.2 Å². The second-order valence-electron chi connectivity index (χ2n) is 4.32. The van der Waals surface area contributed by atoms with Crippen LogP contribution in [0.4, 0.5) is 0 Å². The van der Waals surface area contributed by atoms with Gasteiger partial charge in [0.25, 0.3) is 0 Å². The molecule has 0 aliphatic rings. The Hall–Kier alpha value is -0.900. The van der Waals surface area contributed by atoms with Crippen molar-refractivity contribution in [2.45, 2.75) is 46.1 Å². The predicted octanol–water partition coefficient (Wildman–Crippen LogP) is 2.30. The smallest absolute Gasteiger partial charge is 0.226 e. The average molecular weight is 226 g/mol. The van der Waals surface area contributed by atoms with Crippen LogP contribution in [0.5, 0.6) is 0 Å². The molecule has 1 amide bonds. The Labute approximate surface area is 94.9 Å². The molecule has 15 heavy (non-hydrogen) atoms. The largest absolute Gasteiger partial charge is 0.351 e. The molecule has 0 radical (unpaired) electrons. The van der Waals surface area contributed by atoms with E-state index in [1.165, 1.54) is 0 Å². The number of carbonyl (C=O) groups excluding carboxylic acids is 1. The van der Waals surface area contributed by atoms with E-state index >= 15 is 0 Å². The molecule has 84 valence electrons. The highest BCUT2D eigenvalue weighted by atomic mass is 32.1. The lowest BCUT2D eigenvalue weighted by Gasteiger charge is -2.24. The first kappa shape index (κ1) is 12.2. The first-order chi connectivity index (χ1) is 6.93. The molecular weight excluding hydrogens is 208 g/mol. The number of hydrogen-bond acceptors (Lipinski definition) is 3. The van der Waals surface area contributed by atoms with Crippen LogP contribution in [0.1, 0.15) is 37.9 Å². The van der Waals surface area contributed by atoms with Crippen molar-refractivity contribution in [3.63, 3.8) is 0 Å². The van der Waals surface area contributed by atoms with E-state index in [2.05, 4.69) is 17.2 Å². The lowest BCUT2D eigenvalue weighted by Crippen LogP contribution is -2.43. The molecule has 1 aromatic heterocycles. The number of hydrogen-bond donors (Lipinski definition) is 1. The minimum absolute atomic E-state index is 0.0483. The zero-order chi connectivity index (χ0) is 11.5. The zero-order valence-corrected chi connectivity index (χ0v) is 10.6. The van der Waals surface area contributed by atoms with Crippen molar-refractivity contribution < 1.29 is 4.79 Å². The molecule has 0 unspecified atom stereocenters. The van der Waals surface area contributed by atoms with Crippen molar-refractivity contribution in [2.24, 2.45) is 0 Å². The van der Waals surface area contributed by atoms with Gasteiger partial charge in [0.05, 0.1) is 17.1 Å². The second-order valence-corrected chi connectivity index (χ2v) is 5.38. The third-order valence-electron chi connectivity index (χ3n) is 2.37. The van der Waals surface area contributed by atoms with E-state index < -0.39 is 0 Å². The molecule has 0 saturated heterocycles. The molecule has 1 aromatic rings. The molecular formula is C11H18N2OS. The molecule has 0 spiro atoms. The van der Waals surface area contributed by atoms with Gasteiger partial charge in [0.1, 0.15) is 0 Å². The van der Waals surface area contributed by atoms with Crippen LogP contribution in [-0.2, 0) is 11.2 Å². The van der Waals surface area contributed by atoms with Crippen LogP contribution in [-0.4, -0.2) is 16.4 Å². The van der Waals surface area contributed by atoms with Gasteiger partial charge in [-0.25, -0.2) is 4.98 Å². The van der Waals surface area contributed by atoms with Crippen LogP contribution in [0.15, 0.2) is 5.38 Å². The number of aryl methyl sites for hydroxylation is 1. The summed E-state index contributed by atoms with van der Waals surface area (Å²) in [5, 5.41) is 5.93. The van der Waals surface area contributed by atoms with Gasteiger partial charge in [0.15, 0.2) is 0 Å². The Morgan fingerprint density at radius 1 is 1.60 bits per heavy atom. The van der Waals surface area contributed by atoms with Crippen LogP contribution in [0, 0.1) is 6.92 Å². The highest BCUT2D eigenvalue weighted by molar-refractivity contribution is 7.09. The van der Waals surface area contributed by atoms with Crippen LogP contribution in [0.25, 0.3) is 0 Å². The Bertz CT molecular complexity index is 344. The highest BCUT2D eigenvalue weighted by Crippen LogP contribution is 2.10. The summed E-state index contributed by atoms with van der Waals surface area (Å²) in [5.74, 6) is 0.0483. The molecule has 0 aliphatic carbocycles. The Morgan fingerprint density at radius 3 is 2.73 bits per heavy atom. The van der Waals surface area contributed by atoms with Crippen molar-refractivity contribution in [1.82, 2.24) is 10.3 Å². The Kier molecular flexibility index (Phi) is 3.85. The minimum Gasteiger partial charge on any atom is -0.351 e. The molecule has 0 aliphatic heterocycles. The molecule has 0 fully saturated rings. The highest BCUT2D eigenvalue weighted by Gasteiger charge is 2.18. The zero-order valence-electron chi connectivity index (χ0n) is 9.76. The maximum Gasteiger partial charge on any atom is 0.226 e. The minimum atomic E-state index is -0.123. The molecule has 0 bridgehead atoms. The molecule has 0 saturated carbocycles. The molecule has 1 rings (SSSR count). The van der Waals surface area contributed by atoms with Gasteiger partial charge in [-0.3, -0.25) is 4.79 Å². The quantitative estimate of drug-likeness (QED) is 0.856. The van der Waals surface area contributed by atoms with Crippen molar-refractivity contribution in [3.8, 4) is 0 Å². The molecule has 0 atom stereocenters. The number of aromatic nitrogens is 1. The normalized spacial score (nSPS) is 11.5. The van der Waals surface area contributed by atoms with Gasteiger partial charge in [-0.1, -0.05) is 6.92 Å². The monoisotopic (exact) mass is 226 g/mol. The molecule has 1 N–H and O–H groups in total. The average Bonchev–Trinajstić information content (AvgIpc) is 2.50. The van der Waals surface area contributed by atoms with Crippen molar-refractivity contribution in [3.05, 3.63) is 16.1 Å². The van der Waals surface area contributed by atoms with Gasteiger partial charge in [0, 0.05) is 10.9 Å². The second kappa shape index (κ2) is 4.75. The van der Waals surface area contributed by atoms with E-state index in [9.17, 15) is 4.79 Å². The van der Waals surface area contributed by atoms with Crippen LogP contribution >= 0.6 is 11.3 Å². The maximum atomic E-state index is 11.6. The summed E-state index contributed by atoms with van der Waals surface area (Å²) in [6.45, 7) is 8.06. The summed E-state index contributed by atoms with van der Waals surface area (Å²) in [6.07, 6.45) is 1.31. The Balaban J connectivity index is 2.50. The standard InChI is InChI=1S/C11H18N2OS/c1-5-11(3,4)13-10(14)6-9-7-15-8(2)12-9/h7H,5-6H2,1-4H3,(H,13,14). The van der Waals surface area contributed by atoms with E-state index in [0.717, 1.165) is 17.1 Å². The van der Waals surface area contributed by atoms with Gasteiger partial charge in [0.2, 0.25) is 5.91 Å². The van der Waals surface area contributed by atoms with Crippen molar-refractivity contribution in [2.75, 3.05) is 0 Å². The number of nitrogens with one attached hydrogen (secondary N) is 1. The van der Waals surface area contributed by atoms with Crippen LogP contribution in [0.3, 0.4) is 0 Å². The van der Waals surface area contributed by atoms with Gasteiger partial charge in [-0.2, -0.15) is 0 Å². The number of amides is 1. The number of nitrogens with zero attached hydrogens (tertiary/aromatic N) is 1. The third-order valence-corrected chi connectivity index (χ3v) is 3.19. The summed E-state index contributed by atoms with van der Waals surface area (Å²) < 4.78 is 0. The van der Waals surface area contributed by atoms with Gasteiger partial charge in [-0.15, -0.1) is 11.3 Å². The fourth-order valence-electron chi connectivity index (χ4n) is 1.16. The van der Waals surface area contributed by atoms with E-state index in [4.69, 9.17) is 0 Å². The fourth-order valence-corrected chi connectivity index (χ4v) is 1.78. The number of carbonyl (C=O) groups is 1. The topological polar surface area (TPSA) is 42.0 Å². The summed E-state index contributed by atoms with van der Waals surface area (Å²) in [4.78, 5) is 15.9.